The molecule has 0 aliphatic carbocycles. The second-order valence-corrected chi connectivity index (χ2v) is 4.43. The number of rotatable bonds is 6. The topological polar surface area (TPSA) is 55.9 Å². The van der Waals surface area contributed by atoms with Gasteiger partial charge in [0.05, 0.1) is 6.54 Å². The molecule has 18 heavy (non-hydrogen) atoms. The van der Waals surface area contributed by atoms with Crippen molar-refractivity contribution < 1.29 is 4.63 Å². The maximum atomic E-state index is 4.71. The maximum absolute atomic E-state index is 4.71. The number of hydrogen-bond acceptors (Lipinski definition) is 4. The van der Waals surface area contributed by atoms with Crippen LogP contribution >= 0.6 is 0 Å². The number of nitrogens with one attached hydrogen (secondary N) is 1. The van der Waals surface area contributed by atoms with Gasteiger partial charge in [0.2, 0.25) is 0 Å². The zero-order valence-corrected chi connectivity index (χ0v) is 11.2. The summed E-state index contributed by atoms with van der Waals surface area (Å²) in [7, 11) is 0. The molecule has 0 radical (unpaired) electrons. The SMILES string of the molecule is CCNC(CC)c1ccn(Cc2nonc2C)c1. The van der Waals surface area contributed by atoms with Crippen molar-refractivity contribution in [3.05, 3.63) is 35.4 Å². The Labute approximate surface area is 107 Å². The van der Waals surface area contributed by atoms with E-state index in [2.05, 4.69) is 52.5 Å². The Morgan fingerprint density at radius 2 is 2.22 bits per heavy atom. The Hall–Kier alpha value is -1.62. The third-order valence-electron chi connectivity index (χ3n) is 3.11. The highest BCUT2D eigenvalue weighted by atomic mass is 16.6. The van der Waals surface area contributed by atoms with E-state index in [1.54, 1.807) is 0 Å². The Bertz CT molecular complexity index is 489. The van der Waals surface area contributed by atoms with Crippen LogP contribution in [0.1, 0.15) is 43.3 Å². The average Bonchev–Trinajstić information content (AvgIpc) is 2.97. The van der Waals surface area contributed by atoms with Gasteiger partial charge in [0.25, 0.3) is 0 Å². The lowest BCUT2D eigenvalue weighted by atomic mass is 10.1. The lowest BCUT2D eigenvalue weighted by Crippen LogP contribution is -2.19. The Kier molecular flexibility index (Phi) is 4.15. The van der Waals surface area contributed by atoms with E-state index in [4.69, 9.17) is 4.63 Å². The van der Waals surface area contributed by atoms with Gasteiger partial charge >= 0.3 is 0 Å². The van der Waals surface area contributed by atoms with Crippen LogP contribution in [0.25, 0.3) is 0 Å². The smallest absolute Gasteiger partial charge is 0.127 e. The van der Waals surface area contributed by atoms with Crippen LogP contribution in [0.4, 0.5) is 0 Å². The van der Waals surface area contributed by atoms with E-state index in [-0.39, 0.29) is 0 Å². The molecule has 0 spiro atoms. The molecular formula is C13H20N4O. The van der Waals surface area contributed by atoms with Crippen molar-refractivity contribution in [2.24, 2.45) is 0 Å². The van der Waals surface area contributed by atoms with Gasteiger partial charge in [-0.05, 0) is 31.5 Å². The minimum absolute atomic E-state index is 0.424. The molecule has 2 heterocycles. The molecular weight excluding hydrogens is 228 g/mol. The van der Waals surface area contributed by atoms with Gasteiger partial charge in [0.15, 0.2) is 0 Å². The fourth-order valence-corrected chi connectivity index (χ4v) is 2.07. The maximum Gasteiger partial charge on any atom is 0.127 e. The minimum atomic E-state index is 0.424. The number of aryl methyl sites for hydroxylation is 1. The van der Waals surface area contributed by atoms with Crippen LogP contribution in [0, 0.1) is 6.92 Å². The second kappa shape index (κ2) is 5.82. The fraction of sp³-hybridized carbons (Fsp3) is 0.538. The normalized spacial score (nSPS) is 12.8. The van der Waals surface area contributed by atoms with Crippen molar-refractivity contribution in [2.75, 3.05) is 6.54 Å². The van der Waals surface area contributed by atoms with E-state index in [1.807, 2.05) is 6.92 Å². The lowest BCUT2D eigenvalue weighted by molar-refractivity contribution is 0.300. The van der Waals surface area contributed by atoms with Gasteiger partial charge in [-0.3, -0.25) is 0 Å². The predicted octanol–water partition coefficient (Wildman–Crippen LogP) is 2.29. The van der Waals surface area contributed by atoms with E-state index < -0.39 is 0 Å². The summed E-state index contributed by atoms with van der Waals surface area (Å²) < 4.78 is 6.82. The van der Waals surface area contributed by atoms with Gasteiger partial charge < -0.3 is 9.88 Å². The Morgan fingerprint density at radius 1 is 1.39 bits per heavy atom. The first-order valence-electron chi connectivity index (χ1n) is 6.41. The van der Waals surface area contributed by atoms with Gasteiger partial charge in [0.1, 0.15) is 11.4 Å². The third kappa shape index (κ3) is 2.79. The Balaban J connectivity index is 2.08. The zero-order chi connectivity index (χ0) is 13.0. The molecule has 2 aromatic heterocycles. The molecule has 2 aromatic rings. The predicted molar refractivity (Wildman–Crippen MR) is 69.3 cm³/mol. The molecule has 1 atom stereocenters. The molecule has 1 unspecified atom stereocenters. The lowest BCUT2D eigenvalue weighted by Gasteiger charge is -2.13. The van der Waals surface area contributed by atoms with E-state index in [0.29, 0.717) is 12.6 Å². The van der Waals surface area contributed by atoms with Crippen LogP contribution in [0.15, 0.2) is 23.1 Å². The molecule has 0 aliphatic heterocycles. The van der Waals surface area contributed by atoms with Crippen LogP contribution in [0.2, 0.25) is 0 Å². The molecule has 0 saturated carbocycles. The van der Waals surface area contributed by atoms with Crippen molar-refractivity contribution in [2.45, 2.75) is 39.8 Å². The molecule has 0 fully saturated rings. The highest BCUT2D eigenvalue weighted by molar-refractivity contribution is 5.17. The Morgan fingerprint density at radius 3 is 2.83 bits per heavy atom. The van der Waals surface area contributed by atoms with Gasteiger partial charge in [0, 0.05) is 18.4 Å². The van der Waals surface area contributed by atoms with E-state index in [1.165, 1.54) is 5.56 Å². The van der Waals surface area contributed by atoms with Crippen LogP contribution in [0.5, 0.6) is 0 Å². The van der Waals surface area contributed by atoms with E-state index in [0.717, 1.165) is 24.4 Å². The molecule has 0 aliphatic rings. The van der Waals surface area contributed by atoms with Crippen molar-refractivity contribution in [1.29, 1.82) is 0 Å². The third-order valence-corrected chi connectivity index (χ3v) is 3.11. The van der Waals surface area contributed by atoms with Crippen molar-refractivity contribution in [3.63, 3.8) is 0 Å². The van der Waals surface area contributed by atoms with Gasteiger partial charge in [-0.25, -0.2) is 4.63 Å². The largest absolute Gasteiger partial charge is 0.348 e. The molecule has 1 N–H and O–H groups in total. The first-order valence-corrected chi connectivity index (χ1v) is 6.41. The summed E-state index contributed by atoms with van der Waals surface area (Å²) in [5.74, 6) is 0. The van der Waals surface area contributed by atoms with Crippen LogP contribution in [0.3, 0.4) is 0 Å². The first kappa shape index (κ1) is 12.8. The summed E-state index contributed by atoms with van der Waals surface area (Å²) >= 11 is 0. The first-order chi connectivity index (χ1) is 8.74. The molecule has 98 valence electrons. The fourth-order valence-electron chi connectivity index (χ4n) is 2.07. The highest BCUT2D eigenvalue weighted by Gasteiger charge is 2.10. The van der Waals surface area contributed by atoms with Crippen LogP contribution < -0.4 is 5.32 Å². The van der Waals surface area contributed by atoms with Crippen LogP contribution in [-0.2, 0) is 6.54 Å². The summed E-state index contributed by atoms with van der Waals surface area (Å²) in [5.41, 5.74) is 3.05. The molecule has 0 amide bonds. The van der Waals surface area contributed by atoms with Crippen molar-refractivity contribution in [3.8, 4) is 0 Å². The monoisotopic (exact) mass is 248 g/mol. The number of nitrogens with zero attached hydrogens (tertiary/aromatic N) is 3. The number of aromatic nitrogens is 3. The molecule has 5 heteroatoms. The zero-order valence-electron chi connectivity index (χ0n) is 11.2. The van der Waals surface area contributed by atoms with E-state index >= 15 is 0 Å². The summed E-state index contributed by atoms with van der Waals surface area (Å²) in [6, 6.07) is 2.58. The molecule has 0 saturated heterocycles. The highest BCUT2D eigenvalue weighted by Crippen LogP contribution is 2.17. The van der Waals surface area contributed by atoms with Crippen molar-refractivity contribution >= 4 is 0 Å². The summed E-state index contributed by atoms with van der Waals surface area (Å²) in [5, 5.41) is 11.2. The molecule has 0 bridgehead atoms. The quantitative estimate of drug-likeness (QED) is 0.852. The van der Waals surface area contributed by atoms with Crippen molar-refractivity contribution in [1.82, 2.24) is 20.2 Å². The van der Waals surface area contributed by atoms with Gasteiger partial charge in [-0.1, -0.05) is 24.2 Å². The van der Waals surface area contributed by atoms with Crippen LogP contribution in [-0.4, -0.2) is 21.4 Å². The summed E-state index contributed by atoms with van der Waals surface area (Å²) in [6.45, 7) is 7.91. The summed E-state index contributed by atoms with van der Waals surface area (Å²) in [6.07, 6.45) is 5.32. The van der Waals surface area contributed by atoms with E-state index in [9.17, 15) is 0 Å². The average molecular weight is 248 g/mol. The molecule has 5 nitrogen and oxygen atoms in total. The standard InChI is InChI=1S/C13H20N4O/c1-4-12(14-5-2)11-6-7-17(8-11)9-13-10(3)15-18-16-13/h6-8,12,14H,4-5,9H2,1-3H3. The number of hydrogen-bond donors (Lipinski definition) is 1. The minimum Gasteiger partial charge on any atom is -0.348 e. The van der Waals surface area contributed by atoms with Gasteiger partial charge in [-0.2, -0.15) is 0 Å². The molecule has 2 rings (SSSR count). The molecule has 0 aromatic carbocycles. The summed E-state index contributed by atoms with van der Waals surface area (Å²) in [4.78, 5) is 0. The van der Waals surface area contributed by atoms with Gasteiger partial charge in [-0.15, -0.1) is 0 Å². The second-order valence-electron chi connectivity index (χ2n) is 4.43.